The van der Waals surface area contributed by atoms with Crippen LogP contribution in [0.1, 0.15) is 13.8 Å². The van der Waals surface area contributed by atoms with Crippen molar-refractivity contribution >= 4 is 12.0 Å². The van der Waals surface area contributed by atoms with Crippen molar-refractivity contribution in [3.63, 3.8) is 0 Å². The summed E-state index contributed by atoms with van der Waals surface area (Å²) >= 11 is 0. The number of rotatable bonds is 7. The number of aliphatic hydroxyl groups is 1. The molecule has 3 N–H and O–H groups in total. The molecule has 0 aliphatic carbocycles. The summed E-state index contributed by atoms with van der Waals surface area (Å²) in [7, 11) is 1.56. The van der Waals surface area contributed by atoms with Crippen LogP contribution in [0, 0.1) is 0 Å². The molecule has 0 aliphatic rings. The number of carbonyl (C=O) groups is 2. The lowest BCUT2D eigenvalue weighted by Crippen LogP contribution is -2.43. The Kier molecular flexibility index (Phi) is 7.24. The molecular formula is C10H20N2O5. The number of likely N-dealkylation sites (N-methyl/N-ethyl adjacent to an activating group) is 1. The molecule has 7 heteroatoms. The SMILES string of the molecule is CC(C)OCCN(C)C(=O)NCC(O)C(=O)O. The molecule has 1 atom stereocenters. The fourth-order valence-electron chi connectivity index (χ4n) is 0.933. The van der Waals surface area contributed by atoms with Crippen LogP contribution in [0.4, 0.5) is 4.79 Å². The molecule has 0 aromatic rings. The molecule has 2 amide bonds. The van der Waals surface area contributed by atoms with Crippen LogP contribution >= 0.6 is 0 Å². The highest BCUT2D eigenvalue weighted by atomic mass is 16.5. The van der Waals surface area contributed by atoms with Crippen molar-refractivity contribution in [3.8, 4) is 0 Å². The summed E-state index contributed by atoms with van der Waals surface area (Å²) < 4.78 is 5.26. The Bertz CT molecular complexity index is 257. The Morgan fingerprint density at radius 1 is 1.41 bits per heavy atom. The molecular weight excluding hydrogens is 228 g/mol. The fourth-order valence-corrected chi connectivity index (χ4v) is 0.933. The number of carboxylic acid groups (broad SMARTS) is 1. The van der Waals surface area contributed by atoms with Gasteiger partial charge in [0.05, 0.1) is 19.3 Å². The van der Waals surface area contributed by atoms with Gasteiger partial charge in [-0.05, 0) is 13.8 Å². The second-order valence-corrected chi connectivity index (χ2v) is 3.88. The number of nitrogens with zero attached hydrogens (tertiary/aromatic N) is 1. The zero-order valence-electron chi connectivity index (χ0n) is 10.3. The van der Waals surface area contributed by atoms with Gasteiger partial charge in [-0.3, -0.25) is 0 Å². The average molecular weight is 248 g/mol. The lowest BCUT2D eigenvalue weighted by molar-refractivity contribution is -0.146. The van der Waals surface area contributed by atoms with Gasteiger partial charge < -0.3 is 25.2 Å². The van der Waals surface area contributed by atoms with Crippen molar-refractivity contribution in [3.05, 3.63) is 0 Å². The monoisotopic (exact) mass is 248 g/mol. The van der Waals surface area contributed by atoms with Gasteiger partial charge in [-0.25, -0.2) is 9.59 Å². The molecule has 0 saturated carbocycles. The minimum atomic E-state index is -1.58. The Morgan fingerprint density at radius 2 is 2.00 bits per heavy atom. The van der Waals surface area contributed by atoms with Crippen LogP contribution in [0.15, 0.2) is 0 Å². The van der Waals surface area contributed by atoms with Gasteiger partial charge in [0.25, 0.3) is 0 Å². The maximum absolute atomic E-state index is 11.4. The second kappa shape index (κ2) is 7.86. The van der Waals surface area contributed by atoms with Crippen molar-refractivity contribution in [2.24, 2.45) is 0 Å². The third kappa shape index (κ3) is 7.53. The van der Waals surface area contributed by atoms with Crippen LogP contribution in [0.5, 0.6) is 0 Å². The number of carboxylic acids is 1. The first-order valence-corrected chi connectivity index (χ1v) is 5.36. The molecule has 100 valence electrons. The van der Waals surface area contributed by atoms with Gasteiger partial charge in [0, 0.05) is 13.6 Å². The first kappa shape index (κ1) is 15.7. The molecule has 0 aromatic heterocycles. The first-order chi connectivity index (χ1) is 7.84. The van der Waals surface area contributed by atoms with E-state index in [4.69, 9.17) is 14.9 Å². The van der Waals surface area contributed by atoms with E-state index >= 15 is 0 Å². The minimum absolute atomic E-state index is 0.0975. The summed E-state index contributed by atoms with van der Waals surface area (Å²) in [6, 6.07) is -0.447. The van der Waals surface area contributed by atoms with Crippen LogP contribution in [-0.4, -0.2) is 66.1 Å². The van der Waals surface area contributed by atoms with Gasteiger partial charge in [-0.1, -0.05) is 0 Å². The number of amides is 2. The molecule has 7 nitrogen and oxygen atoms in total. The Morgan fingerprint density at radius 3 is 2.47 bits per heavy atom. The number of aliphatic carboxylic acids is 1. The van der Waals surface area contributed by atoms with E-state index < -0.39 is 18.1 Å². The molecule has 0 bridgehead atoms. The number of aliphatic hydroxyl groups excluding tert-OH is 1. The van der Waals surface area contributed by atoms with Gasteiger partial charge in [-0.15, -0.1) is 0 Å². The molecule has 17 heavy (non-hydrogen) atoms. The summed E-state index contributed by atoms with van der Waals surface area (Å²) in [6.07, 6.45) is -1.49. The minimum Gasteiger partial charge on any atom is -0.479 e. The molecule has 0 heterocycles. The number of carbonyl (C=O) groups excluding carboxylic acids is 1. The van der Waals surface area contributed by atoms with Gasteiger partial charge in [-0.2, -0.15) is 0 Å². The van der Waals surface area contributed by atoms with Crippen LogP contribution in [0.25, 0.3) is 0 Å². The third-order valence-corrected chi connectivity index (χ3v) is 1.96. The van der Waals surface area contributed by atoms with Gasteiger partial charge in [0.2, 0.25) is 0 Å². The third-order valence-electron chi connectivity index (χ3n) is 1.96. The molecule has 0 aliphatic heterocycles. The maximum Gasteiger partial charge on any atom is 0.334 e. The molecule has 0 saturated heterocycles. The standard InChI is InChI=1S/C10H20N2O5/c1-7(2)17-5-4-12(3)10(16)11-6-8(13)9(14)15/h7-8,13H,4-6H2,1-3H3,(H,11,16)(H,14,15). The van der Waals surface area contributed by atoms with E-state index in [1.807, 2.05) is 13.8 Å². The van der Waals surface area contributed by atoms with E-state index in [0.29, 0.717) is 13.2 Å². The van der Waals surface area contributed by atoms with Gasteiger partial charge in [0.1, 0.15) is 0 Å². The summed E-state index contributed by atoms with van der Waals surface area (Å²) in [5.41, 5.74) is 0. The summed E-state index contributed by atoms with van der Waals surface area (Å²) in [5.74, 6) is -1.36. The Labute approximate surface area is 100 Å². The van der Waals surface area contributed by atoms with E-state index in [9.17, 15) is 9.59 Å². The van der Waals surface area contributed by atoms with Gasteiger partial charge in [0.15, 0.2) is 6.10 Å². The number of urea groups is 1. The van der Waals surface area contributed by atoms with E-state index in [-0.39, 0.29) is 12.6 Å². The zero-order valence-corrected chi connectivity index (χ0v) is 10.3. The summed E-state index contributed by atoms with van der Waals surface area (Å²) in [6.45, 7) is 4.27. The predicted octanol–water partition coefficient (Wildman–Crippen LogP) is -0.502. The number of hydrogen-bond acceptors (Lipinski definition) is 4. The second-order valence-electron chi connectivity index (χ2n) is 3.88. The van der Waals surface area contributed by atoms with Crippen LogP contribution < -0.4 is 5.32 Å². The summed E-state index contributed by atoms with van der Waals surface area (Å²) in [4.78, 5) is 23.1. The lowest BCUT2D eigenvalue weighted by atomic mass is 10.3. The van der Waals surface area contributed by atoms with E-state index in [2.05, 4.69) is 5.32 Å². The van der Waals surface area contributed by atoms with Crippen molar-refractivity contribution in [2.45, 2.75) is 26.1 Å². The lowest BCUT2D eigenvalue weighted by Gasteiger charge is -2.19. The Balaban J connectivity index is 3.78. The smallest absolute Gasteiger partial charge is 0.334 e. The summed E-state index contributed by atoms with van der Waals surface area (Å²) in [5, 5.41) is 19.7. The number of ether oxygens (including phenoxy) is 1. The van der Waals surface area contributed by atoms with E-state index in [1.54, 1.807) is 7.05 Å². The molecule has 0 rings (SSSR count). The highest BCUT2D eigenvalue weighted by Crippen LogP contribution is 1.90. The van der Waals surface area contributed by atoms with Crippen molar-refractivity contribution in [1.29, 1.82) is 0 Å². The average Bonchev–Trinajstić information content (AvgIpc) is 2.24. The first-order valence-electron chi connectivity index (χ1n) is 5.36. The van der Waals surface area contributed by atoms with Crippen molar-refractivity contribution in [2.75, 3.05) is 26.7 Å². The highest BCUT2D eigenvalue weighted by molar-refractivity contribution is 5.76. The van der Waals surface area contributed by atoms with E-state index in [1.165, 1.54) is 4.90 Å². The molecule has 0 aromatic carbocycles. The topological polar surface area (TPSA) is 99.1 Å². The fraction of sp³-hybridized carbons (Fsp3) is 0.800. The van der Waals surface area contributed by atoms with Crippen molar-refractivity contribution < 1.29 is 24.5 Å². The van der Waals surface area contributed by atoms with E-state index in [0.717, 1.165) is 0 Å². The van der Waals surface area contributed by atoms with Crippen LogP contribution in [0.3, 0.4) is 0 Å². The highest BCUT2D eigenvalue weighted by Gasteiger charge is 2.15. The molecule has 0 spiro atoms. The molecule has 0 fully saturated rings. The maximum atomic E-state index is 11.4. The zero-order chi connectivity index (χ0) is 13.4. The molecule has 0 radical (unpaired) electrons. The Hall–Kier alpha value is -1.34. The normalized spacial score (nSPS) is 12.3. The van der Waals surface area contributed by atoms with Crippen LogP contribution in [0.2, 0.25) is 0 Å². The largest absolute Gasteiger partial charge is 0.479 e. The van der Waals surface area contributed by atoms with Crippen LogP contribution in [-0.2, 0) is 9.53 Å². The number of nitrogens with one attached hydrogen (secondary N) is 1. The van der Waals surface area contributed by atoms with Crippen molar-refractivity contribution in [1.82, 2.24) is 10.2 Å². The predicted molar refractivity (Wildman–Crippen MR) is 60.8 cm³/mol. The molecule has 1 unspecified atom stereocenters. The number of hydrogen-bond donors (Lipinski definition) is 3. The van der Waals surface area contributed by atoms with Gasteiger partial charge >= 0.3 is 12.0 Å². The quantitative estimate of drug-likeness (QED) is 0.564.